The fraction of sp³-hybridized carbons (Fsp3) is 0. The van der Waals surface area contributed by atoms with Gasteiger partial charge >= 0.3 is 49.9 Å². The summed E-state index contributed by atoms with van der Waals surface area (Å²) in [6.45, 7) is 0. The van der Waals surface area contributed by atoms with E-state index >= 15 is 0 Å². The Kier molecular flexibility index (Phi) is 0.786. The average Bonchev–Trinajstić information content (AvgIpc) is 1.65. The van der Waals surface area contributed by atoms with Crippen molar-refractivity contribution < 1.29 is 49.9 Å². The molecule has 0 saturated heterocycles. The summed E-state index contributed by atoms with van der Waals surface area (Å²) in [4.78, 5) is 0. The van der Waals surface area contributed by atoms with Gasteiger partial charge in [0.05, 0.1) is 0 Å². The van der Waals surface area contributed by atoms with Crippen molar-refractivity contribution in [2.24, 2.45) is 0 Å². The van der Waals surface area contributed by atoms with Crippen LogP contribution in [0.15, 0.2) is 0 Å². The molecule has 0 amide bonds. The van der Waals surface area contributed by atoms with E-state index in [0.717, 1.165) is 0 Å². The number of halogens is 6. The second-order valence-electron chi connectivity index (χ2n) is 1.75. The van der Waals surface area contributed by atoms with E-state index in [1.165, 1.54) is 0 Å². The molecule has 0 fully saturated rings. The minimum atomic E-state index is -13.9. The van der Waals surface area contributed by atoms with Gasteiger partial charge in [0.2, 0.25) is 0 Å². The molecule has 73 valence electrons. The summed E-state index contributed by atoms with van der Waals surface area (Å²) >= 11 is 0. The third-order valence-corrected chi connectivity index (χ3v) is 1.32. The predicted octanol–water partition coefficient (Wildman–Crippen LogP) is 2.14. The molecule has 0 rings (SSSR count). The van der Waals surface area contributed by atoms with Crippen molar-refractivity contribution in [2.75, 3.05) is 0 Å². The Morgan fingerprint density at radius 3 is 1.00 bits per heavy atom. The van der Waals surface area contributed by atoms with Gasteiger partial charge in [-0.2, -0.15) is 0 Å². The molecular formula is F6MnO4. The van der Waals surface area contributed by atoms with Crippen LogP contribution < -0.4 is 0 Å². The average molecular weight is 233 g/mol. The quantitative estimate of drug-likeness (QED) is 0.541. The van der Waals surface area contributed by atoms with Gasteiger partial charge in [0.1, 0.15) is 0 Å². The Balaban J connectivity index is 6.56. The van der Waals surface area contributed by atoms with Crippen LogP contribution in [0, 0.1) is 0 Å². The summed E-state index contributed by atoms with van der Waals surface area (Å²) in [5.41, 5.74) is 0. The molecule has 0 atom stereocenters. The van der Waals surface area contributed by atoms with Gasteiger partial charge in [-0.15, -0.1) is 0 Å². The van der Waals surface area contributed by atoms with Gasteiger partial charge in [0.15, 0.2) is 0 Å². The number of hydrogen-bond donors (Lipinski definition) is 0. The van der Waals surface area contributed by atoms with Crippen molar-refractivity contribution in [3.63, 3.8) is 0 Å². The van der Waals surface area contributed by atoms with Crippen molar-refractivity contribution in [3.05, 3.63) is 0 Å². The van der Waals surface area contributed by atoms with Crippen LogP contribution in [0.5, 0.6) is 0 Å². The Bertz CT molecular complexity index is 397. The third-order valence-electron chi connectivity index (χ3n) is 0.319. The van der Waals surface area contributed by atoms with Crippen molar-refractivity contribution in [1.82, 2.24) is 0 Å². The molecule has 0 radical (unpaired) electrons. The predicted molar refractivity (Wildman–Crippen MR) is 10.2 cm³/mol. The summed E-state index contributed by atoms with van der Waals surface area (Å²) < 4.78 is 83.3. The number of hydrogen-bond acceptors (Lipinski definition) is 4. The Labute approximate surface area is 51.0 Å². The van der Waals surface area contributed by atoms with Gasteiger partial charge in [-0.05, 0) is 0 Å². The van der Waals surface area contributed by atoms with Crippen molar-refractivity contribution in [2.45, 2.75) is 0 Å². The molecule has 0 aliphatic carbocycles. The van der Waals surface area contributed by atoms with Gasteiger partial charge in [0.25, 0.3) is 0 Å². The first kappa shape index (κ1) is 10.6. The summed E-state index contributed by atoms with van der Waals surface area (Å²) in [6.07, 6.45) is 0. The minimum absolute atomic E-state index is 0.105. The second kappa shape index (κ2) is 0.815. The summed E-state index contributed by atoms with van der Waals surface area (Å²) in [7, 11) is -13.9. The van der Waals surface area contributed by atoms with E-state index in [4.69, 9.17) is 7.67 Å². The first-order valence-corrected chi connectivity index (χ1v) is 5.21. The molecule has 4 nitrogen and oxygen atoms in total. The number of rotatable bonds is 2. The molecule has 0 spiro atoms. The first-order chi connectivity index (χ1) is 4.04. The summed E-state index contributed by atoms with van der Waals surface area (Å²) in [6, 6.07) is 0. The van der Waals surface area contributed by atoms with Crippen LogP contribution >= 0.6 is 0 Å². The van der Waals surface area contributed by atoms with Crippen LogP contribution in [-0.2, 0) is 26.7 Å². The zero-order chi connectivity index (χ0) is 9.77. The molecule has 11 heteroatoms. The molecule has 0 aliphatic rings. The zero-order valence-corrected chi connectivity index (χ0v) is 5.46. The Morgan fingerprint density at radius 2 is 1.00 bits per heavy atom. The van der Waals surface area contributed by atoms with E-state index in [0.29, 0.717) is 0 Å². The standard InChI is InChI=1S/2FO.4FH.Mn.2O/c2*1-2;;;;;;;/h;;4*1H;;;/q2*-1;;;;;+6;;/p-4. The van der Waals surface area contributed by atoms with Crippen molar-refractivity contribution in [3.8, 4) is 0 Å². The fourth-order valence-electron chi connectivity index (χ4n) is 0.00900. The molecule has 0 aromatic heterocycles. The summed E-state index contributed by atoms with van der Waals surface area (Å²) in [5, 5.41) is 0. The Hall–Kier alpha value is -0.381. The third kappa shape index (κ3) is 3.01. The van der Waals surface area contributed by atoms with E-state index in [-0.39, 0.29) is 8.05 Å². The van der Waals surface area contributed by atoms with Gasteiger partial charge in [0, 0.05) is 0 Å². The topological polar surface area (TPSA) is 52.6 Å². The molecule has 0 aliphatic heterocycles. The zero-order valence-electron chi connectivity index (χ0n) is 4.28. The van der Waals surface area contributed by atoms with Crippen LogP contribution in [0.3, 0.4) is 0 Å². The molecule has 0 aromatic rings. The van der Waals surface area contributed by atoms with Crippen molar-refractivity contribution in [1.29, 1.82) is 0 Å². The van der Waals surface area contributed by atoms with E-state index in [2.05, 4.69) is 0 Å². The first-order valence-electron chi connectivity index (χ1n) is 1.50. The normalized spacial score (nSPS) is 27.5. The molecule has 0 aromatic carbocycles. The van der Waals surface area contributed by atoms with Crippen LogP contribution in [0.25, 0.3) is 0 Å². The van der Waals surface area contributed by atoms with E-state index in [9.17, 15) is 23.3 Å². The maximum absolute atomic E-state index is 13.9. The van der Waals surface area contributed by atoms with Gasteiger partial charge in [-0.3, -0.25) is 0 Å². The molecule has 11 heavy (non-hydrogen) atoms. The van der Waals surface area contributed by atoms with Crippen LogP contribution in [0.4, 0.5) is 23.3 Å². The van der Waals surface area contributed by atoms with Crippen molar-refractivity contribution >= 4 is 0 Å². The van der Waals surface area contributed by atoms with Gasteiger partial charge < -0.3 is 0 Å². The Morgan fingerprint density at radius 1 is 0.818 bits per heavy atom. The van der Waals surface area contributed by atoms with E-state index < -0.39 is 11.0 Å². The SMILES string of the molecule is [O]=[Mn](=[O])([F])([F])([F])([F])([O]F)[O]F. The maximum atomic E-state index is 11.1. The molecule has 0 N–H and O–H groups in total. The molecule has 0 saturated carbocycles. The molecular weight excluding hydrogens is 233 g/mol. The summed E-state index contributed by atoms with van der Waals surface area (Å²) in [5.74, 6) is 0. The van der Waals surface area contributed by atoms with Gasteiger partial charge in [-0.1, -0.05) is 0 Å². The monoisotopic (exact) mass is 233 g/mol. The molecule has 0 unspecified atom stereocenters. The molecule has 0 bridgehead atoms. The van der Waals surface area contributed by atoms with Crippen LogP contribution in [-0.4, -0.2) is 0 Å². The second-order valence-corrected chi connectivity index (χ2v) is 7.22. The van der Waals surface area contributed by atoms with Gasteiger partial charge in [-0.25, -0.2) is 0 Å². The van der Waals surface area contributed by atoms with E-state index in [1.54, 1.807) is 0 Å². The van der Waals surface area contributed by atoms with Crippen LogP contribution in [0.1, 0.15) is 0 Å². The van der Waals surface area contributed by atoms with E-state index in [1.807, 2.05) is 0 Å². The fourth-order valence-corrected chi connectivity index (χ4v) is 0.0371. The molecule has 0 heterocycles. The van der Waals surface area contributed by atoms with Crippen LogP contribution in [0.2, 0.25) is 0 Å².